The minimum Gasteiger partial charge on any atom is -0.320 e. The topological polar surface area (TPSA) is 103 Å². The summed E-state index contributed by atoms with van der Waals surface area (Å²) in [5.41, 5.74) is 3.45. The number of fused-ring (bicyclic) bond motifs is 1. The maximum atomic E-state index is 13.2. The maximum Gasteiger partial charge on any atom is 0.259 e. The molecule has 9 nitrogen and oxygen atoms in total. The van der Waals surface area contributed by atoms with Gasteiger partial charge in [-0.1, -0.05) is 31.5 Å². The zero-order chi connectivity index (χ0) is 22.9. The van der Waals surface area contributed by atoms with Crippen molar-refractivity contribution >= 4 is 34.1 Å². The van der Waals surface area contributed by atoms with E-state index in [0.717, 1.165) is 22.3 Å². The molecular formula is C23H19ClN8O. The highest BCUT2D eigenvalue weighted by Crippen LogP contribution is 2.28. The van der Waals surface area contributed by atoms with Gasteiger partial charge in [0.2, 0.25) is 0 Å². The van der Waals surface area contributed by atoms with Gasteiger partial charge in [-0.3, -0.25) is 9.78 Å². The predicted octanol–water partition coefficient (Wildman–Crippen LogP) is 4.43. The average Bonchev–Trinajstić information content (AvgIpc) is 3.49. The largest absolute Gasteiger partial charge is 0.320 e. The smallest absolute Gasteiger partial charge is 0.259 e. The molecule has 4 heterocycles. The molecule has 0 saturated heterocycles. The molecule has 1 aromatic carbocycles. The summed E-state index contributed by atoms with van der Waals surface area (Å²) in [7, 11) is 0. The Kier molecular flexibility index (Phi) is 5.31. The Morgan fingerprint density at radius 2 is 1.82 bits per heavy atom. The molecular weight excluding hydrogens is 440 g/mol. The molecule has 5 rings (SSSR count). The van der Waals surface area contributed by atoms with Gasteiger partial charge >= 0.3 is 0 Å². The summed E-state index contributed by atoms with van der Waals surface area (Å²) in [6, 6.07) is 11.3. The van der Waals surface area contributed by atoms with E-state index >= 15 is 0 Å². The Bertz CT molecular complexity index is 1450. The Morgan fingerprint density at radius 3 is 2.58 bits per heavy atom. The number of nitrogens with one attached hydrogen (secondary N) is 1. The molecule has 0 aliphatic heterocycles. The van der Waals surface area contributed by atoms with Crippen LogP contribution in [0, 0.1) is 0 Å². The van der Waals surface area contributed by atoms with Gasteiger partial charge in [0, 0.05) is 11.6 Å². The van der Waals surface area contributed by atoms with Crippen molar-refractivity contribution in [1.29, 1.82) is 0 Å². The summed E-state index contributed by atoms with van der Waals surface area (Å²) >= 11 is 6.33. The second-order valence-electron chi connectivity index (χ2n) is 7.66. The first-order valence-corrected chi connectivity index (χ1v) is 10.7. The Hall–Kier alpha value is -4.11. The predicted molar refractivity (Wildman–Crippen MR) is 125 cm³/mol. The summed E-state index contributed by atoms with van der Waals surface area (Å²) in [5.74, 6) is 0.112. The van der Waals surface area contributed by atoms with Crippen LogP contribution in [-0.2, 0) is 0 Å². The van der Waals surface area contributed by atoms with Crippen LogP contribution < -0.4 is 5.32 Å². The molecule has 164 valence electrons. The van der Waals surface area contributed by atoms with Crippen molar-refractivity contribution in [3.63, 3.8) is 0 Å². The second kappa shape index (κ2) is 8.44. The lowest BCUT2D eigenvalue weighted by Gasteiger charge is -2.14. The highest BCUT2D eigenvalue weighted by molar-refractivity contribution is 6.32. The van der Waals surface area contributed by atoms with Crippen molar-refractivity contribution in [3.05, 3.63) is 83.7 Å². The standard InChI is InChI=1S/C23H19ClN8O/c1-14(2)21-17(13-29-31(21)20-7-3-6-19-16(20)5-4-8-25-19)23(33)30-15-11-18(24)22(26-12-15)32-27-9-10-28-32/h3-14H,1-2H3,(H,30,33). The summed E-state index contributed by atoms with van der Waals surface area (Å²) in [6.07, 6.45) is 7.91. The van der Waals surface area contributed by atoms with Crippen molar-refractivity contribution in [3.8, 4) is 11.5 Å². The maximum absolute atomic E-state index is 13.2. The fraction of sp³-hybridized carbons (Fsp3) is 0.130. The molecule has 0 aliphatic rings. The number of pyridine rings is 2. The average molecular weight is 459 g/mol. The van der Waals surface area contributed by atoms with Crippen LogP contribution in [0.3, 0.4) is 0 Å². The SMILES string of the molecule is CC(C)c1c(C(=O)Nc2cnc(-n3nccn3)c(Cl)c2)cnn1-c1cccc2ncccc12. The quantitative estimate of drug-likeness (QED) is 0.418. The number of hydrogen-bond donors (Lipinski definition) is 1. The van der Waals surface area contributed by atoms with Crippen molar-refractivity contribution in [2.24, 2.45) is 0 Å². The van der Waals surface area contributed by atoms with Crippen LogP contribution in [0.5, 0.6) is 0 Å². The fourth-order valence-electron chi connectivity index (χ4n) is 3.72. The monoisotopic (exact) mass is 458 g/mol. The van der Waals surface area contributed by atoms with E-state index in [4.69, 9.17) is 11.6 Å². The number of hydrogen-bond acceptors (Lipinski definition) is 6. The van der Waals surface area contributed by atoms with Gasteiger partial charge in [0.05, 0.1) is 58.0 Å². The van der Waals surface area contributed by atoms with E-state index in [1.54, 1.807) is 23.1 Å². The molecule has 10 heteroatoms. The lowest BCUT2D eigenvalue weighted by atomic mass is 10.0. The van der Waals surface area contributed by atoms with E-state index in [1.807, 2.05) is 44.2 Å². The van der Waals surface area contributed by atoms with Crippen LogP contribution in [0.2, 0.25) is 5.02 Å². The number of halogens is 1. The van der Waals surface area contributed by atoms with E-state index in [0.29, 0.717) is 22.1 Å². The van der Waals surface area contributed by atoms with E-state index < -0.39 is 0 Å². The molecule has 0 aliphatic carbocycles. The summed E-state index contributed by atoms with van der Waals surface area (Å²) in [5, 5.41) is 16.7. The van der Waals surface area contributed by atoms with Crippen LogP contribution in [-0.4, -0.2) is 40.6 Å². The molecule has 0 saturated carbocycles. The van der Waals surface area contributed by atoms with Gasteiger partial charge in [0.1, 0.15) is 0 Å². The highest BCUT2D eigenvalue weighted by Gasteiger charge is 2.22. The minimum atomic E-state index is -0.300. The van der Waals surface area contributed by atoms with Gasteiger partial charge in [-0.15, -0.1) is 4.80 Å². The van der Waals surface area contributed by atoms with Gasteiger partial charge in [-0.2, -0.15) is 15.3 Å². The van der Waals surface area contributed by atoms with Crippen LogP contribution >= 0.6 is 11.6 Å². The number of carbonyl (C=O) groups is 1. The molecule has 0 spiro atoms. The number of anilines is 1. The number of aromatic nitrogens is 7. The first-order valence-electron chi connectivity index (χ1n) is 10.3. The van der Waals surface area contributed by atoms with E-state index in [9.17, 15) is 4.79 Å². The van der Waals surface area contributed by atoms with Gasteiger partial charge < -0.3 is 5.32 Å². The van der Waals surface area contributed by atoms with Crippen molar-refractivity contribution in [2.45, 2.75) is 19.8 Å². The molecule has 5 aromatic rings. The highest BCUT2D eigenvalue weighted by atomic mass is 35.5. The third-order valence-electron chi connectivity index (χ3n) is 5.14. The first-order chi connectivity index (χ1) is 16.0. The van der Waals surface area contributed by atoms with Gasteiger partial charge in [-0.25, -0.2) is 9.67 Å². The van der Waals surface area contributed by atoms with E-state index in [2.05, 4.69) is 30.6 Å². The zero-order valence-electron chi connectivity index (χ0n) is 17.8. The molecule has 4 aromatic heterocycles. The van der Waals surface area contributed by atoms with Crippen molar-refractivity contribution in [2.75, 3.05) is 5.32 Å². The molecule has 1 N–H and O–H groups in total. The number of rotatable bonds is 5. The number of carbonyl (C=O) groups excluding carboxylic acids is 1. The van der Waals surface area contributed by atoms with Crippen molar-refractivity contribution in [1.82, 2.24) is 34.7 Å². The first kappa shape index (κ1) is 20.8. The van der Waals surface area contributed by atoms with E-state index in [-0.39, 0.29) is 11.8 Å². The molecule has 0 unspecified atom stereocenters. The molecule has 0 bridgehead atoms. The Balaban J connectivity index is 1.49. The molecule has 0 fully saturated rings. The van der Waals surface area contributed by atoms with Gasteiger partial charge in [0.15, 0.2) is 5.82 Å². The fourth-order valence-corrected chi connectivity index (χ4v) is 3.96. The lowest BCUT2D eigenvalue weighted by Crippen LogP contribution is -2.16. The summed E-state index contributed by atoms with van der Waals surface area (Å²) in [6.45, 7) is 4.05. The minimum absolute atomic E-state index is 0.0372. The third-order valence-corrected chi connectivity index (χ3v) is 5.41. The molecule has 33 heavy (non-hydrogen) atoms. The van der Waals surface area contributed by atoms with Crippen molar-refractivity contribution < 1.29 is 4.79 Å². The molecule has 1 amide bonds. The lowest BCUT2D eigenvalue weighted by molar-refractivity contribution is 0.102. The van der Waals surface area contributed by atoms with Crippen LogP contribution in [0.25, 0.3) is 22.4 Å². The number of benzene rings is 1. The molecule has 0 atom stereocenters. The van der Waals surface area contributed by atoms with Gasteiger partial charge in [-0.05, 0) is 36.2 Å². The Morgan fingerprint density at radius 1 is 1.00 bits per heavy atom. The summed E-state index contributed by atoms with van der Waals surface area (Å²) in [4.78, 5) is 23.2. The zero-order valence-corrected chi connectivity index (χ0v) is 18.6. The second-order valence-corrected chi connectivity index (χ2v) is 8.07. The van der Waals surface area contributed by atoms with Crippen LogP contribution in [0.4, 0.5) is 5.69 Å². The van der Waals surface area contributed by atoms with E-state index in [1.165, 1.54) is 23.4 Å². The van der Waals surface area contributed by atoms with Gasteiger partial charge in [0.25, 0.3) is 5.91 Å². The number of amides is 1. The third kappa shape index (κ3) is 3.83. The van der Waals surface area contributed by atoms with Crippen LogP contribution in [0.15, 0.2) is 67.4 Å². The normalized spacial score (nSPS) is 11.3. The molecule has 0 radical (unpaired) electrons. The number of nitrogens with zero attached hydrogens (tertiary/aromatic N) is 7. The Labute approximate surface area is 194 Å². The van der Waals surface area contributed by atoms with Crippen LogP contribution in [0.1, 0.15) is 35.8 Å². The summed E-state index contributed by atoms with van der Waals surface area (Å²) < 4.78 is 1.81.